The van der Waals surface area contributed by atoms with Crippen LogP contribution in [0.15, 0.2) is 47.2 Å². The molecule has 4 rings (SSSR count). The Morgan fingerprint density at radius 1 is 1.16 bits per heavy atom. The molecular formula is C32H54N6. The Hall–Kier alpha value is -2.02. The standard InChI is InChI=1S/C29H45N5.C3H9N/c1-4-5-10-24(2)29(33-17-6-7-18-33)34-22-26(20-30-23-34)21-32(3)16-9-11-25-13-14-27-12-8-15-31-28(27)19-25;1-4(2)3/h5,8,10,12,15,22-25,29H,4,6-7,9,11,13-14,16-21H2,1-3H3;1-3H3/b10-5-;/t24?,25-,29?;/m0./s1. The Bertz CT molecular complexity index is 898. The molecule has 6 heteroatoms. The molecule has 3 atom stereocenters. The minimum atomic E-state index is 0.373. The fourth-order valence-corrected chi connectivity index (χ4v) is 5.96. The first-order valence-corrected chi connectivity index (χ1v) is 15.0. The number of aryl methyl sites for hydroxylation is 1. The van der Waals surface area contributed by atoms with E-state index in [1.165, 1.54) is 68.4 Å². The normalized spacial score (nSPS) is 21.4. The van der Waals surface area contributed by atoms with Crippen LogP contribution in [0.2, 0.25) is 0 Å². The van der Waals surface area contributed by atoms with Gasteiger partial charge in [0.1, 0.15) is 0 Å². The lowest BCUT2D eigenvalue weighted by atomic mass is 9.84. The van der Waals surface area contributed by atoms with Crippen molar-refractivity contribution in [1.29, 1.82) is 0 Å². The quantitative estimate of drug-likeness (QED) is 0.367. The summed E-state index contributed by atoms with van der Waals surface area (Å²) in [5.41, 5.74) is 4.24. The molecule has 1 fully saturated rings. The van der Waals surface area contributed by atoms with Crippen LogP contribution in [0.4, 0.5) is 0 Å². The zero-order valence-electron chi connectivity index (χ0n) is 25.1. The SMILES string of the molecule is CC/C=C\C(C)C(N1C=NCC(CN(C)CCC[C@H]2CCc3cccnc3C2)=C1)N1CCCC1.CN(C)C. The topological polar surface area (TPSA) is 38.2 Å². The van der Waals surface area contributed by atoms with E-state index in [1.54, 1.807) is 0 Å². The van der Waals surface area contributed by atoms with E-state index in [4.69, 9.17) is 4.99 Å². The Morgan fingerprint density at radius 3 is 2.66 bits per heavy atom. The van der Waals surface area contributed by atoms with E-state index in [1.807, 2.05) is 32.2 Å². The van der Waals surface area contributed by atoms with Crippen LogP contribution in [0.3, 0.4) is 0 Å². The number of likely N-dealkylation sites (tertiary alicyclic amines) is 1. The number of hydrogen-bond donors (Lipinski definition) is 0. The smallest absolute Gasteiger partial charge is 0.0933 e. The van der Waals surface area contributed by atoms with Crippen LogP contribution in [0.1, 0.15) is 63.6 Å². The summed E-state index contributed by atoms with van der Waals surface area (Å²) in [7, 11) is 8.27. The van der Waals surface area contributed by atoms with Crippen LogP contribution in [-0.4, -0.2) is 98.0 Å². The highest BCUT2D eigenvalue weighted by Crippen LogP contribution is 2.27. The van der Waals surface area contributed by atoms with Gasteiger partial charge in [-0.2, -0.15) is 0 Å². The third-order valence-electron chi connectivity index (χ3n) is 7.72. The maximum absolute atomic E-state index is 4.77. The van der Waals surface area contributed by atoms with Crippen molar-refractivity contribution in [2.24, 2.45) is 16.8 Å². The van der Waals surface area contributed by atoms with Crippen LogP contribution in [-0.2, 0) is 12.8 Å². The Balaban J connectivity index is 0.000000934. The molecule has 1 aliphatic carbocycles. The van der Waals surface area contributed by atoms with E-state index in [-0.39, 0.29) is 0 Å². The second-order valence-corrected chi connectivity index (χ2v) is 12.0. The van der Waals surface area contributed by atoms with Gasteiger partial charge in [0.15, 0.2) is 0 Å². The molecule has 1 aromatic rings. The van der Waals surface area contributed by atoms with Crippen LogP contribution in [0.5, 0.6) is 0 Å². The van der Waals surface area contributed by atoms with Crippen LogP contribution in [0, 0.1) is 11.8 Å². The minimum Gasteiger partial charge on any atom is -0.322 e. The second-order valence-electron chi connectivity index (χ2n) is 12.0. The molecule has 2 aliphatic heterocycles. The largest absolute Gasteiger partial charge is 0.322 e. The summed E-state index contributed by atoms with van der Waals surface area (Å²) in [5.74, 6) is 1.27. The average molecular weight is 523 g/mol. The lowest BCUT2D eigenvalue weighted by Gasteiger charge is -2.39. The van der Waals surface area contributed by atoms with E-state index < -0.39 is 0 Å². The molecule has 0 N–H and O–H groups in total. The van der Waals surface area contributed by atoms with Crippen LogP contribution >= 0.6 is 0 Å². The third-order valence-corrected chi connectivity index (χ3v) is 7.72. The van der Waals surface area contributed by atoms with Gasteiger partial charge < -0.3 is 14.7 Å². The van der Waals surface area contributed by atoms with Gasteiger partial charge in [0.2, 0.25) is 0 Å². The van der Waals surface area contributed by atoms with Gasteiger partial charge >= 0.3 is 0 Å². The van der Waals surface area contributed by atoms with Crippen molar-refractivity contribution in [3.05, 3.63) is 53.5 Å². The number of hydrogen-bond acceptors (Lipinski definition) is 6. The van der Waals surface area contributed by atoms with Gasteiger partial charge in [-0.15, -0.1) is 0 Å². The molecule has 0 aromatic carbocycles. The van der Waals surface area contributed by atoms with Gasteiger partial charge in [-0.25, -0.2) is 0 Å². The molecule has 0 radical (unpaired) electrons. The number of rotatable bonds is 11. The zero-order chi connectivity index (χ0) is 27.3. The Kier molecular flexibility index (Phi) is 13.0. The molecule has 3 heterocycles. The predicted molar refractivity (Wildman–Crippen MR) is 163 cm³/mol. The molecule has 0 spiro atoms. The van der Waals surface area contributed by atoms with E-state index in [0.29, 0.717) is 12.1 Å². The van der Waals surface area contributed by atoms with Crippen molar-refractivity contribution in [3.63, 3.8) is 0 Å². The molecule has 0 amide bonds. The molecule has 1 saturated heterocycles. The van der Waals surface area contributed by atoms with Gasteiger partial charge in [-0.3, -0.25) is 14.9 Å². The molecule has 38 heavy (non-hydrogen) atoms. The Morgan fingerprint density at radius 2 is 1.92 bits per heavy atom. The number of allylic oxidation sites excluding steroid dienone is 1. The first-order chi connectivity index (χ1) is 18.4. The fraction of sp³-hybridized carbons (Fsp3) is 0.688. The monoisotopic (exact) mass is 522 g/mol. The highest BCUT2D eigenvalue weighted by molar-refractivity contribution is 5.59. The summed E-state index contributed by atoms with van der Waals surface area (Å²) in [4.78, 5) is 18.9. The molecule has 0 saturated carbocycles. The second kappa shape index (κ2) is 16.2. The van der Waals surface area contributed by atoms with Crippen molar-refractivity contribution in [3.8, 4) is 0 Å². The van der Waals surface area contributed by atoms with Crippen molar-refractivity contribution >= 4 is 6.34 Å². The summed E-state index contributed by atoms with van der Waals surface area (Å²) >= 11 is 0. The van der Waals surface area contributed by atoms with Gasteiger partial charge in [-0.05, 0) is 109 Å². The highest BCUT2D eigenvalue weighted by Gasteiger charge is 2.30. The van der Waals surface area contributed by atoms with Gasteiger partial charge in [0.05, 0.1) is 19.0 Å². The number of aromatic nitrogens is 1. The number of pyridine rings is 1. The molecule has 2 unspecified atom stereocenters. The van der Waals surface area contributed by atoms with E-state index >= 15 is 0 Å². The lowest BCUT2D eigenvalue weighted by Crippen LogP contribution is -2.49. The zero-order valence-corrected chi connectivity index (χ0v) is 25.1. The molecule has 1 aromatic heterocycles. The molecule has 0 bridgehead atoms. The van der Waals surface area contributed by atoms with Gasteiger partial charge in [-0.1, -0.05) is 32.1 Å². The van der Waals surface area contributed by atoms with Crippen LogP contribution < -0.4 is 0 Å². The lowest BCUT2D eigenvalue weighted by molar-refractivity contribution is 0.115. The average Bonchev–Trinajstić information content (AvgIpc) is 3.42. The van der Waals surface area contributed by atoms with Crippen LogP contribution in [0.25, 0.3) is 0 Å². The third kappa shape index (κ3) is 9.94. The minimum absolute atomic E-state index is 0.373. The van der Waals surface area contributed by atoms with E-state index in [9.17, 15) is 0 Å². The summed E-state index contributed by atoms with van der Waals surface area (Å²) in [6.45, 7) is 9.96. The maximum Gasteiger partial charge on any atom is 0.0933 e. The number of likely N-dealkylation sites (N-methyl/N-ethyl adjacent to an activating group) is 1. The summed E-state index contributed by atoms with van der Waals surface area (Å²) in [6, 6.07) is 4.33. The molecular weight excluding hydrogens is 468 g/mol. The number of aliphatic imine (C=N–C) groups is 1. The first-order valence-electron chi connectivity index (χ1n) is 15.0. The first kappa shape index (κ1) is 30.5. The fourth-order valence-electron chi connectivity index (χ4n) is 5.96. The van der Waals surface area contributed by atoms with E-state index in [2.05, 4.69) is 77.4 Å². The molecule has 212 valence electrons. The van der Waals surface area contributed by atoms with Gasteiger partial charge in [0.25, 0.3) is 0 Å². The van der Waals surface area contributed by atoms with E-state index in [0.717, 1.165) is 38.4 Å². The maximum atomic E-state index is 4.77. The summed E-state index contributed by atoms with van der Waals surface area (Å²) in [5, 5.41) is 0. The predicted octanol–water partition coefficient (Wildman–Crippen LogP) is 5.33. The van der Waals surface area contributed by atoms with Crippen molar-refractivity contribution < 1.29 is 0 Å². The van der Waals surface area contributed by atoms with Crippen molar-refractivity contribution in [1.82, 2.24) is 24.6 Å². The number of fused-ring (bicyclic) bond motifs is 1. The summed E-state index contributed by atoms with van der Waals surface area (Å²) < 4.78 is 0. The molecule has 6 nitrogen and oxygen atoms in total. The highest BCUT2D eigenvalue weighted by atomic mass is 15.4. The van der Waals surface area contributed by atoms with Gasteiger partial charge in [0, 0.05) is 43.6 Å². The van der Waals surface area contributed by atoms with Crippen molar-refractivity contribution in [2.45, 2.75) is 71.4 Å². The number of nitrogens with zero attached hydrogens (tertiary/aromatic N) is 6. The molecule has 3 aliphatic rings. The Labute approximate surface area is 233 Å². The van der Waals surface area contributed by atoms with Crippen molar-refractivity contribution in [2.75, 3.05) is 60.9 Å². The summed E-state index contributed by atoms with van der Waals surface area (Å²) in [6.07, 6.45) is 21.5.